The number of aryl methyl sites for hydroxylation is 1. The molecule has 0 saturated heterocycles. The molecule has 0 saturated carbocycles. The van der Waals surface area contributed by atoms with E-state index in [1.165, 1.54) is 0 Å². The van der Waals surface area contributed by atoms with Crippen molar-refractivity contribution in [3.63, 3.8) is 0 Å². The monoisotopic (exact) mass is 343 g/mol. The van der Waals surface area contributed by atoms with Crippen molar-refractivity contribution < 1.29 is 4.79 Å². The van der Waals surface area contributed by atoms with E-state index in [1.807, 2.05) is 32.0 Å². The van der Waals surface area contributed by atoms with Crippen LogP contribution in [0.5, 0.6) is 0 Å². The van der Waals surface area contributed by atoms with Gasteiger partial charge in [0.05, 0.1) is 16.4 Å². The van der Waals surface area contributed by atoms with E-state index in [0.29, 0.717) is 0 Å². The Hall–Kier alpha value is -2.01. The summed E-state index contributed by atoms with van der Waals surface area (Å²) in [5.74, 6) is 0.118. The molecule has 2 rings (SSSR count). The van der Waals surface area contributed by atoms with E-state index in [9.17, 15) is 4.79 Å². The lowest BCUT2D eigenvalue weighted by Gasteiger charge is -2.11. The number of thiazole rings is 1. The quantitative estimate of drug-likeness (QED) is 0.547. The Kier molecular flexibility index (Phi) is 7.12. The van der Waals surface area contributed by atoms with Gasteiger partial charge in [0.2, 0.25) is 5.91 Å². The molecular formula is C19H25N3OS. The van der Waals surface area contributed by atoms with Gasteiger partial charge >= 0.3 is 0 Å². The van der Waals surface area contributed by atoms with Gasteiger partial charge in [-0.3, -0.25) is 9.78 Å². The molecule has 1 atom stereocenters. The summed E-state index contributed by atoms with van der Waals surface area (Å²) in [6, 6.07) is 5.85. The minimum absolute atomic E-state index is 0.00222. The van der Waals surface area contributed by atoms with E-state index in [2.05, 4.69) is 27.2 Å². The lowest BCUT2D eigenvalue weighted by atomic mass is 10.0. The number of aromatic nitrogens is 2. The van der Waals surface area contributed by atoms with Gasteiger partial charge in [0.15, 0.2) is 0 Å². The smallest absolute Gasteiger partial charge is 0.223 e. The van der Waals surface area contributed by atoms with Gasteiger partial charge in [-0.2, -0.15) is 0 Å². The average molecular weight is 343 g/mol. The number of nitrogens with zero attached hydrogens (tertiary/aromatic N) is 2. The molecular weight excluding hydrogens is 318 g/mol. The zero-order chi connectivity index (χ0) is 17.4. The number of hydrogen-bond donors (Lipinski definition) is 1. The number of pyridine rings is 1. The molecule has 24 heavy (non-hydrogen) atoms. The zero-order valence-electron chi connectivity index (χ0n) is 14.4. The Labute approximate surface area is 148 Å². The molecule has 0 spiro atoms. The minimum atomic E-state index is 0.00222. The lowest BCUT2D eigenvalue weighted by Crippen LogP contribution is -2.30. The topological polar surface area (TPSA) is 54.9 Å². The molecule has 0 fully saturated rings. The summed E-state index contributed by atoms with van der Waals surface area (Å²) in [5.41, 5.74) is 2.90. The van der Waals surface area contributed by atoms with E-state index in [1.54, 1.807) is 17.5 Å². The van der Waals surface area contributed by atoms with Crippen LogP contribution in [-0.2, 0) is 11.2 Å². The largest absolute Gasteiger partial charge is 0.356 e. The normalized spacial score (nSPS) is 11.9. The molecule has 0 aromatic carbocycles. The Morgan fingerprint density at radius 3 is 2.88 bits per heavy atom. The summed E-state index contributed by atoms with van der Waals surface area (Å²) in [6.45, 7) is 8.47. The molecule has 2 heterocycles. The molecule has 0 bridgehead atoms. The molecule has 0 aliphatic rings. The van der Waals surface area contributed by atoms with Gasteiger partial charge in [-0.1, -0.05) is 18.6 Å². The fourth-order valence-electron chi connectivity index (χ4n) is 2.46. The molecule has 0 aliphatic heterocycles. The van der Waals surface area contributed by atoms with Crippen molar-refractivity contribution in [2.45, 2.75) is 39.5 Å². The number of unbranched alkanes of at least 4 members (excludes halogenated alkanes) is 1. The standard InChI is InChI=1S/C19H25N3OS/c1-14(2)12-15(3)19(23)21-11-7-5-9-18-22-17(13-24-18)16-8-4-6-10-20-16/h4,6,8,10,13,15H,1,5,7,9,11-12H2,2-3H3,(H,21,23). The predicted molar refractivity (Wildman–Crippen MR) is 99.9 cm³/mol. The molecule has 128 valence electrons. The number of carbonyl (C=O) groups excluding carboxylic acids is 1. The molecule has 1 amide bonds. The highest BCUT2D eigenvalue weighted by Crippen LogP contribution is 2.20. The van der Waals surface area contributed by atoms with Crippen LogP contribution in [0.15, 0.2) is 41.9 Å². The first-order valence-corrected chi connectivity index (χ1v) is 9.22. The Morgan fingerprint density at radius 1 is 1.33 bits per heavy atom. The van der Waals surface area contributed by atoms with Crippen LogP contribution in [0.4, 0.5) is 0 Å². The van der Waals surface area contributed by atoms with Crippen LogP contribution in [0.2, 0.25) is 0 Å². The molecule has 1 unspecified atom stereocenters. The molecule has 4 nitrogen and oxygen atoms in total. The number of carbonyl (C=O) groups is 1. The van der Waals surface area contributed by atoms with Crippen molar-refractivity contribution in [3.05, 3.63) is 46.9 Å². The fraction of sp³-hybridized carbons (Fsp3) is 0.421. The third kappa shape index (κ3) is 5.89. The maximum atomic E-state index is 11.9. The lowest BCUT2D eigenvalue weighted by molar-refractivity contribution is -0.124. The highest BCUT2D eigenvalue weighted by atomic mass is 32.1. The van der Waals surface area contributed by atoms with Gasteiger partial charge in [0.25, 0.3) is 0 Å². The maximum Gasteiger partial charge on any atom is 0.223 e. The molecule has 2 aromatic heterocycles. The average Bonchev–Trinajstić information content (AvgIpc) is 3.03. The summed E-state index contributed by atoms with van der Waals surface area (Å²) in [7, 11) is 0. The number of hydrogen-bond acceptors (Lipinski definition) is 4. The third-order valence-electron chi connectivity index (χ3n) is 3.70. The van der Waals surface area contributed by atoms with E-state index >= 15 is 0 Å². The zero-order valence-corrected chi connectivity index (χ0v) is 15.2. The van der Waals surface area contributed by atoms with Crippen molar-refractivity contribution in [3.8, 4) is 11.4 Å². The maximum absolute atomic E-state index is 11.9. The summed E-state index contributed by atoms with van der Waals surface area (Å²) in [6.07, 6.45) is 5.45. The second-order valence-corrected chi connectivity index (χ2v) is 7.09. The molecule has 1 N–H and O–H groups in total. The fourth-order valence-corrected chi connectivity index (χ4v) is 3.29. The molecule has 0 aliphatic carbocycles. The molecule has 5 heteroatoms. The number of rotatable bonds is 9. The Balaban J connectivity index is 1.67. The Bertz CT molecular complexity index is 666. The van der Waals surface area contributed by atoms with Gasteiger partial charge in [0.1, 0.15) is 0 Å². The number of amides is 1. The highest BCUT2D eigenvalue weighted by Gasteiger charge is 2.12. The van der Waals surface area contributed by atoms with Crippen LogP contribution >= 0.6 is 11.3 Å². The van der Waals surface area contributed by atoms with Crippen LogP contribution < -0.4 is 5.32 Å². The van der Waals surface area contributed by atoms with Crippen LogP contribution in [0.3, 0.4) is 0 Å². The van der Waals surface area contributed by atoms with Crippen LogP contribution in [0.1, 0.15) is 38.1 Å². The van der Waals surface area contributed by atoms with Crippen LogP contribution in [-0.4, -0.2) is 22.4 Å². The van der Waals surface area contributed by atoms with Gasteiger partial charge in [-0.25, -0.2) is 4.98 Å². The second-order valence-electron chi connectivity index (χ2n) is 6.15. The van der Waals surface area contributed by atoms with E-state index in [-0.39, 0.29) is 11.8 Å². The Morgan fingerprint density at radius 2 is 2.17 bits per heavy atom. The first-order chi connectivity index (χ1) is 11.6. The first kappa shape index (κ1) is 18.3. The second kappa shape index (κ2) is 9.33. The first-order valence-electron chi connectivity index (χ1n) is 8.34. The van der Waals surface area contributed by atoms with Gasteiger partial charge in [-0.05, 0) is 44.7 Å². The van der Waals surface area contributed by atoms with Crippen LogP contribution in [0.25, 0.3) is 11.4 Å². The van der Waals surface area contributed by atoms with Gasteiger partial charge in [0, 0.05) is 24.0 Å². The van der Waals surface area contributed by atoms with Crippen molar-refractivity contribution in [1.29, 1.82) is 0 Å². The van der Waals surface area contributed by atoms with Crippen LogP contribution in [0, 0.1) is 5.92 Å². The van der Waals surface area contributed by atoms with Crippen molar-refractivity contribution >= 4 is 17.2 Å². The SMILES string of the molecule is C=C(C)CC(C)C(=O)NCCCCc1nc(-c2ccccn2)cs1. The van der Waals surface area contributed by atoms with Gasteiger partial charge in [-0.15, -0.1) is 17.9 Å². The van der Waals surface area contributed by atoms with Gasteiger partial charge < -0.3 is 5.32 Å². The highest BCUT2D eigenvalue weighted by molar-refractivity contribution is 7.09. The predicted octanol–water partition coefficient (Wildman–Crippen LogP) is 4.25. The van der Waals surface area contributed by atoms with Crippen molar-refractivity contribution in [2.75, 3.05) is 6.54 Å². The van der Waals surface area contributed by atoms with Crippen molar-refractivity contribution in [1.82, 2.24) is 15.3 Å². The summed E-state index contributed by atoms with van der Waals surface area (Å²) >= 11 is 1.67. The van der Waals surface area contributed by atoms with E-state index < -0.39 is 0 Å². The molecule has 0 radical (unpaired) electrons. The summed E-state index contributed by atoms with van der Waals surface area (Å²) < 4.78 is 0. The third-order valence-corrected chi connectivity index (χ3v) is 4.61. The van der Waals surface area contributed by atoms with E-state index in [4.69, 9.17) is 0 Å². The minimum Gasteiger partial charge on any atom is -0.356 e. The molecule has 2 aromatic rings. The van der Waals surface area contributed by atoms with E-state index in [0.717, 1.165) is 54.2 Å². The van der Waals surface area contributed by atoms with Crippen molar-refractivity contribution in [2.24, 2.45) is 5.92 Å². The number of allylic oxidation sites excluding steroid dienone is 1. The summed E-state index contributed by atoms with van der Waals surface area (Å²) in [5, 5.41) is 6.18. The number of nitrogens with one attached hydrogen (secondary N) is 1. The summed E-state index contributed by atoms with van der Waals surface area (Å²) in [4.78, 5) is 20.9.